The van der Waals surface area contributed by atoms with Gasteiger partial charge in [-0.15, -0.1) is 0 Å². The molecule has 106 valence electrons. The molecule has 1 N–H and O–H groups in total. The molecule has 0 saturated carbocycles. The minimum Gasteiger partial charge on any atom is -0.481 e. The highest BCUT2D eigenvalue weighted by molar-refractivity contribution is 6.30. The van der Waals surface area contributed by atoms with Crippen LogP contribution in [0.2, 0.25) is 5.02 Å². The van der Waals surface area contributed by atoms with Crippen LogP contribution in [0.1, 0.15) is 12.0 Å². The molecule has 2 aliphatic rings. The minimum absolute atomic E-state index is 0.138. The molecule has 6 heteroatoms. The van der Waals surface area contributed by atoms with Crippen molar-refractivity contribution in [3.05, 3.63) is 28.8 Å². The Morgan fingerprint density at radius 2 is 2.20 bits per heavy atom. The summed E-state index contributed by atoms with van der Waals surface area (Å²) in [5.41, 5.74) is 0.921. The van der Waals surface area contributed by atoms with Crippen LogP contribution in [0.5, 0.6) is 5.75 Å². The molecule has 1 saturated heterocycles. The fraction of sp³-hybridized carbons (Fsp3) is 0.429. The molecule has 0 radical (unpaired) electrons. The monoisotopic (exact) mass is 295 g/mol. The summed E-state index contributed by atoms with van der Waals surface area (Å²) < 4.78 is 5.63. The van der Waals surface area contributed by atoms with Gasteiger partial charge in [0.2, 0.25) is 0 Å². The van der Waals surface area contributed by atoms with Gasteiger partial charge in [-0.05, 0) is 30.2 Å². The normalized spacial score (nSPS) is 24.4. The molecule has 2 aliphatic heterocycles. The zero-order valence-corrected chi connectivity index (χ0v) is 11.5. The van der Waals surface area contributed by atoms with Crippen LogP contribution in [-0.4, -0.2) is 41.1 Å². The van der Waals surface area contributed by atoms with E-state index in [1.807, 2.05) is 0 Å². The second-order valence-electron chi connectivity index (χ2n) is 5.17. The molecule has 0 bridgehead atoms. The molecule has 1 amide bonds. The van der Waals surface area contributed by atoms with Crippen molar-refractivity contribution in [2.24, 2.45) is 5.92 Å². The van der Waals surface area contributed by atoms with Crippen molar-refractivity contribution in [1.82, 2.24) is 4.90 Å². The van der Waals surface area contributed by atoms with E-state index in [1.54, 1.807) is 23.1 Å². The molecular weight excluding hydrogens is 282 g/mol. The Labute approximate surface area is 121 Å². The lowest BCUT2D eigenvalue weighted by molar-refractivity contribution is -0.142. The third kappa shape index (κ3) is 2.33. The zero-order valence-electron chi connectivity index (χ0n) is 10.7. The second kappa shape index (κ2) is 4.98. The van der Waals surface area contributed by atoms with Crippen molar-refractivity contribution in [3.63, 3.8) is 0 Å². The molecule has 0 aromatic heterocycles. The molecule has 0 spiro atoms. The SMILES string of the molecule is O=C(O)[C@H]1CCN(C(=O)[C@H]2Cc3cc(Cl)ccc3O2)C1. The van der Waals surface area contributed by atoms with E-state index in [-0.39, 0.29) is 12.5 Å². The number of carboxylic acids is 1. The fourth-order valence-electron chi connectivity index (χ4n) is 2.72. The predicted molar refractivity (Wildman–Crippen MR) is 71.9 cm³/mol. The lowest BCUT2D eigenvalue weighted by Gasteiger charge is -2.19. The average Bonchev–Trinajstić information content (AvgIpc) is 3.03. The summed E-state index contributed by atoms with van der Waals surface area (Å²) in [5, 5.41) is 9.58. The van der Waals surface area contributed by atoms with Crippen LogP contribution in [0, 0.1) is 5.92 Å². The number of carboxylic acid groups (broad SMARTS) is 1. The van der Waals surface area contributed by atoms with E-state index in [9.17, 15) is 9.59 Å². The highest BCUT2D eigenvalue weighted by Gasteiger charge is 2.37. The predicted octanol–water partition coefficient (Wildman–Crippen LogP) is 1.58. The zero-order chi connectivity index (χ0) is 14.3. The van der Waals surface area contributed by atoms with Gasteiger partial charge in [-0.1, -0.05) is 11.6 Å². The number of rotatable bonds is 2. The molecular formula is C14H14ClNO4. The number of likely N-dealkylation sites (tertiary alicyclic amines) is 1. The van der Waals surface area contributed by atoms with Crippen LogP contribution >= 0.6 is 11.6 Å². The summed E-state index contributed by atoms with van der Waals surface area (Å²) in [7, 11) is 0. The van der Waals surface area contributed by atoms with E-state index in [4.69, 9.17) is 21.4 Å². The van der Waals surface area contributed by atoms with Crippen LogP contribution < -0.4 is 4.74 Å². The molecule has 1 aromatic carbocycles. The number of hydrogen-bond donors (Lipinski definition) is 1. The standard InChI is InChI=1S/C14H14ClNO4/c15-10-1-2-11-9(5-10)6-12(20-11)13(17)16-4-3-8(7-16)14(18)19/h1-2,5,8,12H,3-4,6-7H2,(H,18,19)/t8-,12+/m0/s1. The van der Waals surface area contributed by atoms with Gasteiger partial charge in [-0.2, -0.15) is 0 Å². The molecule has 5 nitrogen and oxygen atoms in total. The smallest absolute Gasteiger partial charge is 0.308 e. The highest BCUT2D eigenvalue weighted by Crippen LogP contribution is 2.32. The van der Waals surface area contributed by atoms with Gasteiger partial charge in [-0.25, -0.2) is 0 Å². The lowest BCUT2D eigenvalue weighted by Crippen LogP contribution is -2.40. The van der Waals surface area contributed by atoms with Gasteiger partial charge in [0.1, 0.15) is 5.75 Å². The van der Waals surface area contributed by atoms with Gasteiger partial charge in [0.15, 0.2) is 6.10 Å². The summed E-state index contributed by atoms with van der Waals surface area (Å²) in [6, 6.07) is 5.28. The Kier molecular flexibility index (Phi) is 3.30. The Hall–Kier alpha value is -1.75. The summed E-state index contributed by atoms with van der Waals surface area (Å²) in [4.78, 5) is 24.8. The van der Waals surface area contributed by atoms with E-state index < -0.39 is 18.0 Å². The summed E-state index contributed by atoms with van der Waals surface area (Å²) in [6.07, 6.45) is 0.436. The number of hydrogen-bond acceptors (Lipinski definition) is 3. The molecule has 1 fully saturated rings. The van der Waals surface area contributed by atoms with Gasteiger partial charge in [0, 0.05) is 24.5 Å². The summed E-state index contributed by atoms with van der Waals surface area (Å²) >= 11 is 5.92. The first-order valence-electron chi connectivity index (χ1n) is 6.51. The quantitative estimate of drug-likeness (QED) is 0.899. The van der Waals surface area contributed by atoms with Crippen LogP contribution in [0.15, 0.2) is 18.2 Å². The summed E-state index contributed by atoms with van der Waals surface area (Å²) in [5.74, 6) is -0.761. The van der Waals surface area contributed by atoms with E-state index in [1.165, 1.54) is 0 Å². The van der Waals surface area contributed by atoms with Gasteiger partial charge >= 0.3 is 5.97 Å². The number of aliphatic carboxylic acids is 1. The highest BCUT2D eigenvalue weighted by atomic mass is 35.5. The average molecular weight is 296 g/mol. The Bertz CT molecular complexity index is 574. The van der Waals surface area contributed by atoms with Crippen molar-refractivity contribution in [2.45, 2.75) is 18.9 Å². The van der Waals surface area contributed by atoms with Gasteiger partial charge in [0.25, 0.3) is 5.91 Å². The second-order valence-corrected chi connectivity index (χ2v) is 5.61. The van der Waals surface area contributed by atoms with Crippen molar-refractivity contribution in [1.29, 1.82) is 0 Å². The van der Waals surface area contributed by atoms with Gasteiger partial charge in [-0.3, -0.25) is 9.59 Å². The number of nitrogens with zero attached hydrogens (tertiary/aromatic N) is 1. The fourth-order valence-corrected chi connectivity index (χ4v) is 2.92. The number of fused-ring (bicyclic) bond motifs is 1. The van der Waals surface area contributed by atoms with Gasteiger partial charge < -0.3 is 14.7 Å². The molecule has 0 unspecified atom stereocenters. The van der Waals surface area contributed by atoms with Crippen LogP contribution in [0.3, 0.4) is 0 Å². The van der Waals surface area contributed by atoms with E-state index in [0.717, 1.165) is 5.56 Å². The lowest BCUT2D eigenvalue weighted by atomic mass is 10.1. The van der Waals surface area contributed by atoms with Crippen LogP contribution in [0.25, 0.3) is 0 Å². The number of carbonyl (C=O) groups is 2. The number of ether oxygens (including phenoxy) is 1. The topological polar surface area (TPSA) is 66.8 Å². The van der Waals surface area contributed by atoms with Crippen molar-refractivity contribution in [3.8, 4) is 5.75 Å². The molecule has 3 rings (SSSR count). The number of benzene rings is 1. The van der Waals surface area contributed by atoms with E-state index >= 15 is 0 Å². The largest absolute Gasteiger partial charge is 0.481 e. The van der Waals surface area contributed by atoms with Crippen molar-refractivity contribution >= 4 is 23.5 Å². The van der Waals surface area contributed by atoms with E-state index in [0.29, 0.717) is 30.2 Å². The van der Waals surface area contributed by atoms with Crippen molar-refractivity contribution in [2.75, 3.05) is 13.1 Å². The third-order valence-electron chi connectivity index (χ3n) is 3.82. The number of halogens is 1. The van der Waals surface area contributed by atoms with Gasteiger partial charge in [0.05, 0.1) is 5.92 Å². The Morgan fingerprint density at radius 3 is 2.90 bits per heavy atom. The first-order valence-corrected chi connectivity index (χ1v) is 6.89. The first kappa shape index (κ1) is 13.2. The minimum atomic E-state index is -0.845. The number of amides is 1. The first-order chi connectivity index (χ1) is 9.54. The Morgan fingerprint density at radius 1 is 1.40 bits per heavy atom. The Balaban J connectivity index is 1.67. The molecule has 2 heterocycles. The van der Waals surface area contributed by atoms with E-state index in [2.05, 4.69) is 0 Å². The number of carbonyl (C=O) groups excluding carboxylic acids is 1. The van der Waals surface area contributed by atoms with Crippen molar-refractivity contribution < 1.29 is 19.4 Å². The molecule has 1 aromatic rings. The maximum atomic E-state index is 12.3. The maximum Gasteiger partial charge on any atom is 0.308 e. The molecule has 0 aliphatic carbocycles. The molecule has 2 atom stereocenters. The van der Waals surface area contributed by atoms with Crippen LogP contribution in [0.4, 0.5) is 0 Å². The van der Waals surface area contributed by atoms with Crippen LogP contribution in [-0.2, 0) is 16.0 Å². The summed E-state index contributed by atoms with van der Waals surface area (Å²) in [6.45, 7) is 0.748. The third-order valence-corrected chi connectivity index (χ3v) is 4.06. The molecule has 20 heavy (non-hydrogen) atoms. The maximum absolute atomic E-state index is 12.3.